The molecule has 0 saturated heterocycles. The first-order valence-corrected chi connectivity index (χ1v) is 6.98. The van der Waals surface area contributed by atoms with Gasteiger partial charge in [0.2, 0.25) is 0 Å². The van der Waals surface area contributed by atoms with Crippen LogP contribution in [0.4, 0.5) is 0 Å². The van der Waals surface area contributed by atoms with Crippen molar-refractivity contribution in [3.05, 3.63) is 20.3 Å². The van der Waals surface area contributed by atoms with Crippen LogP contribution in [0.1, 0.15) is 38.3 Å². The van der Waals surface area contributed by atoms with Crippen LogP contribution in [0.5, 0.6) is 0 Å². The Bertz CT molecular complexity index is 330. The summed E-state index contributed by atoms with van der Waals surface area (Å²) in [5.74, 6) is 0. The fraction of sp³-hybridized carbons (Fsp3) is 0.636. The van der Waals surface area contributed by atoms with E-state index in [1.165, 1.54) is 11.3 Å². The van der Waals surface area contributed by atoms with Gasteiger partial charge in [0, 0.05) is 12.6 Å². The fourth-order valence-corrected chi connectivity index (χ4v) is 3.15. The summed E-state index contributed by atoms with van der Waals surface area (Å²) in [4.78, 5) is 0. The molecule has 1 aromatic rings. The third kappa shape index (κ3) is 4.22. The van der Waals surface area contributed by atoms with Gasteiger partial charge in [-0.3, -0.25) is 0 Å². The lowest BCUT2D eigenvalue weighted by Gasteiger charge is -2.16. The predicted molar refractivity (Wildman–Crippen MR) is 71.7 cm³/mol. The van der Waals surface area contributed by atoms with E-state index in [1.807, 2.05) is 13.0 Å². The van der Waals surface area contributed by atoms with Crippen molar-refractivity contribution in [2.75, 3.05) is 6.54 Å². The minimum Gasteiger partial charge on any atom is -0.392 e. The summed E-state index contributed by atoms with van der Waals surface area (Å²) in [6, 6.07) is 1.99. The summed E-state index contributed by atoms with van der Waals surface area (Å²) in [6.45, 7) is 4.66. The van der Waals surface area contributed by atoms with E-state index < -0.39 is 0 Å². The summed E-state index contributed by atoms with van der Waals surface area (Å²) >= 11 is 13.3. The lowest BCUT2D eigenvalue weighted by Crippen LogP contribution is -2.28. The molecule has 0 aliphatic carbocycles. The summed E-state index contributed by atoms with van der Waals surface area (Å²) in [5.41, 5.74) is 1.00. The number of nitrogens with one attached hydrogen (secondary N) is 1. The topological polar surface area (TPSA) is 32.3 Å². The average Bonchev–Trinajstić information content (AvgIpc) is 2.55. The van der Waals surface area contributed by atoms with Crippen molar-refractivity contribution in [1.29, 1.82) is 0 Å². The number of aliphatic hydroxyl groups is 1. The molecule has 0 aromatic carbocycles. The van der Waals surface area contributed by atoms with E-state index in [0.717, 1.165) is 22.7 Å². The van der Waals surface area contributed by atoms with E-state index in [1.54, 1.807) is 0 Å². The van der Waals surface area contributed by atoms with E-state index in [2.05, 4.69) is 12.2 Å². The molecule has 1 heterocycles. The Balaban J connectivity index is 2.46. The molecule has 1 rings (SSSR count). The summed E-state index contributed by atoms with van der Waals surface area (Å²) < 4.78 is 1.41. The van der Waals surface area contributed by atoms with Crippen LogP contribution in [-0.2, 0) is 0 Å². The lowest BCUT2D eigenvalue weighted by atomic mass is 10.1. The Morgan fingerprint density at radius 2 is 2.19 bits per heavy atom. The van der Waals surface area contributed by atoms with Crippen LogP contribution in [0.3, 0.4) is 0 Å². The smallest absolute Gasteiger partial charge is 0.0991 e. The number of thiophene rings is 1. The van der Waals surface area contributed by atoms with Gasteiger partial charge in [-0.15, -0.1) is 11.3 Å². The molecule has 0 radical (unpaired) electrons. The molecule has 0 bridgehead atoms. The number of halogens is 2. The van der Waals surface area contributed by atoms with E-state index in [9.17, 15) is 5.11 Å². The largest absolute Gasteiger partial charge is 0.392 e. The lowest BCUT2D eigenvalue weighted by molar-refractivity contribution is 0.157. The highest BCUT2D eigenvalue weighted by Crippen LogP contribution is 2.34. The summed E-state index contributed by atoms with van der Waals surface area (Å²) in [7, 11) is 0. The second kappa shape index (κ2) is 6.82. The average molecular weight is 282 g/mol. The van der Waals surface area contributed by atoms with Gasteiger partial charge in [-0.25, -0.2) is 0 Å². The molecule has 0 amide bonds. The van der Waals surface area contributed by atoms with E-state index >= 15 is 0 Å². The van der Waals surface area contributed by atoms with Gasteiger partial charge in [0.05, 0.1) is 14.8 Å². The zero-order valence-corrected chi connectivity index (χ0v) is 11.8. The molecule has 0 aliphatic rings. The molecule has 2 N–H and O–H groups in total. The molecule has 0 saturated carbocycles. The molecule has 0 fully saturated rings. The van der Waals surface area contributed by atoms with Crippen LogP contribution in [0, 0.1) is 0 Å². The quantitative estimate of drug-likeness (QED) is 0.830. The van der Waals surface area contributed by atoms with Crippen LogP contribution in [-0.4, -0.2) is 17.8 Å². The molecular formula is C11H17Cl2NOS. The van der Waals surface area contributed by atoms with Crippen molar-refractivity contribution in [3.8, 4) is 0 Å². The van der Waals surface area contributed by atoms with E-state index in [-0.39, 0.29) is 12.1 Å². The monoisotopic (exact) mass is 281 g/mol. The molecule has 2 atom stereocenters. The maximum Gasteiger partial charge on any atom is 0.0991 e. The highest BCUT2D eigenvalue weighted by Gasteiger charge is 2.14. The number of hydrogen-bond acceptors (Lipinski definition) is 3. The second-order valence-electron chi connectivity index (χ2n) is 3.85. The minimum absolute atomic E-state index is 0.114. The molecule has 2 nitrogen and oxygen atoms in total. The van der Waals surface area contributed by atoms with Crippen LogP contribution in [0.15, 0.2) is 6.07 Å². The second-order valence-corrected chi connectivity index (χ2v) is 6.14. The highest BCUT2D eigenvalue weighted by atomic mass is 35.5. The molecule has 92 valence electrons. The Morgan fingerprint density at radius 1 is 1.50 bits per heavy atom. The molecular weight excluding hydrogens is 265 g/mol. The first-order valence-electron chi connectivity index (χ1n) is 5.40. The van der Waals surface area contributed by atoms with Gasteiger partial charge in [0.1, 0.15) is 0 Å². The van der Waals surface area contributed by atoms with Crippen molar-refractivity contribution in [1.82, 2.24) is 5.32 Å². The van der Waals surface area contributed by atoms with E-state index in [4.69, 9.17) is 23.2 Å². The van der Waals surface area contributed by atoms with Gasteiger partial charge in [0.25, 0.3) is 0 Å². The standard InChI is InChI=1S/C11H17Cl2NOS/c1-3-4-8(15)6-14-7(2)9-5-10(12)16-11(9)13/h5,7-8,14-15H,3-4,6H2,1-2H3. The molecule has 0 aliphatic heterocycles. The van der Waals surface area contributed by atoms with Gasteiger partial charge in [-0.1, -0.05) is 36.5 Å². The summed E-state index contributed by atoms with van der Waals surface area (Å²) in [5, 5.41) is 12.9. The first kappa shape index (κ1) is 14.3. The third-order valence-electron chi connectivity index (χ3n) is 2.43. The summed E-state index contributed by atoms with van der Waals surface area (Å²) in [6.07, 6.45) is 1.51. The number of hydrogen-bond donors (Lipinski definition) is 2. The molecule has 2 unspecified atom stereocenters. The van der Waals surface area contributed by atoms with Crippen LogP contribution in [0.25, 0.3) is 0 Å². The van der Waals surface area contributed by atoms with Gasteiger partial charge >= 0.3 is 0 Å². The van der Waals surface area contributed by atoms with Gasteiger partial charge < -0.3 is 10.4 Å². The molecule has 5 heteroatoms. The van der Waals surface area contributed by atoms with Crippen molar-refractivity contribution in [2.45, 2.75) is 38.8 Å². The zero-order valence-electron chi connectivity index (χ0n) is 9.46. The van der Waals surface area contributed by atoms with Crippen LogP contribution < -0.4 is 5.32 Å². The van der Waals surface area contributed by atoms with Gasteiger partial charge in [-0.2, -0.15) is 0 Å². The Hall–Kier alpha value is 0.200. The van der Waals surface area contributed by atoms with Gasteiger partial charge in [0.15, 0.2) is 0 Å². The van der Waals surface area contributed by atoms with Gasteiger partial charge in [-0.05, 0) is 25.0 Å². The van der Waals surface area contributed by atoms with Crippen molar-refractivity contribution >= 4 is 34.5 Å². The van der Waals surface area contributed by atoms with Crippen LogP contribution in [0.2, 0.25) is 8.67 Å². The van der Waals surface area contributed by atoms with Crippen LogP contribution >= 0.6 is 34.5 Å². The zero-order chi connectivity index (χ0) is 12.1. The number of rotatable bonds is 6. The Labute approximate surface area is 111 Å². The SMILES string of the molecule is CCCC(O)CNC(C)c1cc(Cl)sc1Cl. The van der Waals surface area contributed by atoms with E-state index in [0.29, 0.717) is 10.9 Å². The highest BCUT2D eigenvalue weighted by molar-refractivity contribution is 7.20. The Morgan fingerprint density at radius 3 is 2.69 bits per heavy atom. The third-order valence-corrected chi connectivity index (χ3v) is 3.95. The number of aliphatic hydroxyl groups excluding tert-OH is 1. The predicted octanol–water partition coefficient (Wildman–Crippen LogP) is 3.87. The maximum absolute atomic E-state index is 9.60. The van der Waals surface area contributed by atoms with Crippen molar-refractivity contribution in [2.24, 2.45) is 0 Å². The molecule has 0 spiro atoms. The first-order chi connectivity index (χ1) is 7.54. The fourth-order valence-electron chi connectivity index (χ4n) is 1.51. The van der Waals surface area contributed by atoms with Crippen molar-refractivity contribution in [3.63, 3.8) is 0 Å². The van der Waals surface area contributed by atoms with Crippen molar-refractivity contribution < 1.29 is 5.11 Å². The molecule has 1 aromatic heterocycles. The minimum atomic E-state index is -0.291. The Kier molecular flexibility index (Phi) is 6.08. The maximum atomic E-state index is 9.60. The molecule has 16 heavy (non-hydrogen) atoms. The normalized spacial score (nSPS) is 15.1.